The van der Waals surface area contributed by atoms with Gasteiger partial charge in [0, 0.05) is 6.42 Å². The summed E-state index contributed by atoms with van der Waals surface area (Å²) in [6, 6.07) is 0. The molecule has 0 saturated heterocycles. The molecule has 1 rings (SSSR count). The molecule has 0 atom stereocenters. The van der Waals surface area contributed by atoms with Gasteiger partial charge in [0.25, 0.3) is 0 Å². The van der Waals surface area contributed by atoms with Crippen LogP contribution in [0.25, 0.3) is 0 Å². The number of carbonyl (C=O) groups excluding carboxylic acids is 1. The Morgan fingerprint density at radius 3 is 2.58 bits per heavy atom. The number of carbonyl (C=O) groups is 2. The van der Waals surface area contributed by atoms with Crippen LogP contribution in [-0.4, -0.2) is 35.2 Å². The van der Waals surface area contributed by atoms with E-state index in [4.69, 9.17) is 9.84 Å². The normalized spacial score (nSPS) is 16.1. The summed E-state index contributed by atoms with van der Waals surface area (Å²) >= 11 is 1.85. The topological polar surface area (TPSA) is 63.6 Å². The van der Waals surface area contributed by atoms with Crippen LogP contribution in [0.1, 0.15) is 51.9 Å². The summed E-state index contributed by atoms with van der Waals surface area (Å²) in [5.74, 6) is 1.25. The van der Waals surface area contributed by atoms with E-state index in [1.807, 2.05) is 18.7 Å². The van der Waals surface area contributed by atoms with Crippen LogP contribution in [0.5, 0.6) is 0 Å². The lowest BCUT2D eigenvalue weighted by molar-refractivity contribution is -0.143. The van der Waals surface area contributed by atoms with Crippen molar-refractivity contribution in [3.05, 3.63) is 0 Å². The van der Waals surface area contributed by atoms with Crippen molar-refractivity contribution >= 4 is 23.7 Å². The van der Waals surface area contributed by atoms with E-state index >= 15 is 0 Å². The monoisotopic (exact) mass is 288 g/mol. The molecular formula is C14H24O4S. The quantitative estimate of drug-likeness (QED) is 0.467. The largest absolute Gasteiger partial charge is 0.481 e. The maximum Gasteiger partial charge on any atom is 0.305 e. The zero-order chi connectivity index (χ0) is 14.1. The molecule has 1 aliphatic carbocycles. The summed E-state index contributed by atoms with van der Waals surface area (Å²) in [4.78, 5) is 21.8. The maximum atomic E-state index is 11.1. The Balaban J connectivity index is 1.92. The van der Waals surface area contributed by atoms with Crippen LogP contribution in [0.3, 0.4) is 0 Å². The number of unbranched alkanes of at least 4 members (excludes halogenated alkanes) is 2. The molecule has 1 N–H and O–H groups in total. The van der Waals surface area contributed by atoms with Crippen molar-refractivity contribution in [1.82, 2.24) is 0 Å². The lowest BCUT2D eigenvalue weighted by atomic mass is 10.1. The number of aliphatic carboxylic acids is 1. The van der Waals surface area contributed by atoms with Gasteiger partial charge in [-0.1, -0.05) is 6.42 Å². The second kappa shape index (κ2) is 8.46. The van der Waals surface area contributed by atoms with Gasteiger partial charge in [0.1, 0.15) is 0 Å². The summed E-state index contributed by atoms with van der Waals surface area (Å²) < 4.78 is 4.86. The Morgan fingerprint density at radius 2 is 2.00 bits per heavy atom. The third-order valence-electron chi connectivity index (χ3n) is 3.37. The van der Waals surface area contributed by atoms with Crippen LogP contribution in [0.15, 0.2) is 0 Å². The molecule has 0 unspecified atom stereocenters. The highest BCUT2D eigenvalue weighted by atomic mass is 32.2. The first kappa shape index (κ1) is 16.3. The number of hydrogen-bond donors (Lipinski definition) is 1. The van der Waals surface area contributed by atoms with Gasteiger partial charge in [0.15, 0.2) is 0 Å². The molecule has 0 aromatic rings. The first-order valence-electron chi connectivity index (χ1n) is 7.03. The SMILES string of the molecule is CCOC(=O)CCCCCSCC1(CC(=O)O)CC1. The summed E-state index contributed by atoms with van der Waals surface area (Å²) in [7, 11) is 0. The van der Waals surface area contributed by atoms with Crippen molar-refractivity contribution in [2.45, 2.75) is 51.9 Å². The number of carboxylic acids is 1. The summed E-state index contributed by atoms with van der Waals surface area (Å²) in [5, 5.41) is 8.80. The van der Waals surface area contributed by atoms with Crippen molar-refractivity contribution < 1.29 is 19.4 Å². The second-order valence-corrected chi connectivity index (χ2v) is 6.34. The molecule has 0 spiro atoms. The van der Waals surface area contributed by atoms with Crippen LogP contribution in [0, 0.1) is 5.41 Å². The smallest absolute Gasteiger partial charge is 0.305 e. The van der Waals surface area contributed by atoms with Gasteiger partial charge in [0.05, 0.1) is 13.0 Å². The molecule has 5 heteroatoms. The Kier molecular flexibility index (Phi) is 7.28. The molecule has 0 aliphatic heterocycles. The molecule has 110 valence electrons. The lowest BCUT2D eigenvalue weighted by Crippen LogP contribution is -2.11. The predicted octanol–water partition coefficient (Wildman–Crippen LogP) is 3.10. The van der Waals surface area contributed by atoms with Crippen LogP contribution in [0.4, 0.5) is 0 Å². The molecule has 1 fully saturated rings. The minimum absolute atomic E-state index is 0.0986. The maximum absolute atomic E-state index is 11.1. The molecule has 1 saturated carbocycles. The second-order valence-electron chi connectivity index (χ2n) is 5.24. The number of hydrogen-bond acceptors (Lipinski definition) is 4. The van der Waals surface area contributed by atoms with Crippen molar-refractivity contribution in [2.75, 3.05) is 18.1 Å². The van der Waals surface area contributed by atoms with Crippen LogP contribution < -0.4 is 0 Å². The number of carboxylic acid groups (broad SMARTS) is 1. The van der Waals surface area contributed by atoms with Gasteiger partial charge in [-0.3, -0.25) is 9.59 Å². The highest BCUT2D eigenvalue weighted by Crippen LogP contribution is 2.51. The summed E-state index contributed by atoms with van der Waals surface area (Å²) in [6.07, 6.45) is 5.99. The molecule has 0 aromatic heterocycles. The highest BCUT2D eigenvalue weighted by Gasteiger charge is 2.43. The molecule has 0 amide bonds. The number of rotatable bonds is 11. The molecule has 4 nitrogen and oxygen atoms in total. The third kappa shape index (κ3) is 7.45. The third-order valence-corrected chi connectivity index (χ3v) is 4.76. The van der Waals surface area contributed by atoms with E-state index in [0.29, 0.717) is 19.4 Å². The zero-order valence-corrected chi connectivity index (χ0v) is 12.5. The lowest BCUT2D eigenvalue weighted by Gasteiger charge is -2.11. The van der Waals surface area contributed by atoms with Crippen LogP contribution in [0.2, 0.25) is 0 Å². The summed E-state index contributed by atoms with van der Waals surface area (Å²) in [5.41, 5.74) is 0.0986. The van der Waals surface area contributed by atoms with Crippen molar-refractivity contribution in [1.29, 1.82) is 0 Å². The average Bonchev–Trinajstić information content (AvgIpc) is 3.07. The fourth-order valence-electron chi connectivity index (χ4n) is 2.04. The van der Waals surface area contributed by atoms with Gasteiger partial charge in [-0.05, 0) is 49.5 Å². The molecule has 0 radical (unpaired) electrons. The molecule has 0 aromatic carbocycles. The van der Waals surface area contributed by atoms with Gasteiger partial charge in [-0.15, -0.1) is 0 Å². The van der Waals surface area contributed by atoms with E-state index in [1.165, 1.54) is 0 Å². The molecule has 0 heterocycles. The van der Waals surface area contributed by atoms with E-state index in [1.54, 1.807) is 0 Å². The van der Waals surface area contributed by atoms with Gasteiger partial charge >= 0.3 is 11.9 Å². The minimum Gasteiger partial charge on any atom is -0.481 e. The molecular weight excluding hydrogens is 264 g/mol. The van der Waals surface area contributed by atoms with Gasteiger partial charge in [0.2, 0.25) is 0 Å². The number of ether oxygens (including phenoxy) is 1. The van der Waals surface area contributed by atoms with E-state index in [-0.39, 0.29) is 11.4 Å². The number of esters is 1. The van der Waals surface area contributed by atoms with Crippen molar-refractivity contribution in [3.8, 4) is 0 Å². The minimum atomic E-state index is -0.674. The van der Waals surface area contributed by atoms with Crippen LogP contribution >= 0.6 is 11.8 Å². The average molecular weight is 288 g/mol. The van der Waals surface area contributed by atoms with Gasteiger partial charge < -0.3 is 9.84 Å². The Bertz CT molecular complexity index is 300. The Labute approximate surface area is 119 Å². The summed E-state index contributed by atoms with van der Waals surface area (Å²) in [6.45, 7) is 2.28. The predicted molar refractivity (Wildman–Crippen MR) is 76.3 cm³/mol. The Morgan fingerprint density at radius 1 is 1.26 bits per heavy atom. The fraction of sp³-hybridized carbons (Fsp3) is 0.857. The van der Waals surface area contributed by atoms with Crippen molar-refractivity contribution in [2.24, 2.45) is 5.41 Å². The standard InChI is InChI=1S/C14H24O4S/c1-2-18-13(17)6-4-3-5-9-19-11-14(7-8-14)10-12(15)16/h2-11H2,1H3,(H,15,16). The van der Waals surface area contributed by atoms with E-state index < -0.39 is 5.97 Å². The van der Waals surface area contributed by atoms with E-state index in [9.17, 15) is 9.59 Å². The molecule has 1 aliphatic rings. The van der Waals surface area contributed by atoms with E-state index in [0.717, 1.165) is 43.6 Å². The van der Waals surface area contributed by atoms with Gasteiger partial charge in [-0.2, -0.15) is 11.8 Å². The first-order chi connectivity index (χ1) is 9.08. The fourth-order valence-corrected chi connectivity index (χ4v) is 3.42. The van der Waals surface area contributed by atoms with Crippen molar-refractivity contribution in [3.63, 3.8) is 0 Å². The van der Waals surface area contributed by atoms with Gasteiger partial charge in [-0.25, -0.2) is 0 Å². The molecule has 19 heavy (non-hydrogen) atoms. The van der Waals surface area contributed by atoms with Crippen LogP contribution in [-0.2, 0) is 14.3 Å². The Hall–Kier alpha value is -0.710. The first-order valence-corrected chi connectivity index (χ1v) is 8.19. The van der Waals surface area contributed by atoms with E-state index in [2.05, 4.69) is 0 Å². The highest BCUT2D eigenvalue weighted by molar-refractivity contribution is 7.99. The number of thioether (sulfide) groups is 1. The zero-order valence-electron chi connectivity index (χ0n) is 11.7. The molecule has 0 bridgehead atoms.